The molecular formula is C31H50N4O5. The van der Waals surface area contributed by atoms with Gasteiger partial charge in [-0.15, -0.1) is 0 Å². The maximum absolute atomic E-state index is 13.0. The first-order valence-corrected chi connectivity index (χ1v) is 14.1. The molecule has 1 aromatic rings. The van der Waals surface area contributed by atoms with Crippen LogP contribution in [-0.4, -0.2) is 66.3 Å². The van der Waals surface area contributed by atoms with E-state index in [-0.39, 0.29) is 29.7 Å². The second-order valence-electron chi connectivity index (χ2n) is 14.2. The van der Waals surface area contributed by atoms with Gasteiger partial charge in [0.15, 0.2) is 0 Å². The predicted octanol–water partition coefficient (Wildman–Crippen LogP) is 5.17. The summed E-state index contributed by atoms with van der Waals surface area (Å²) in [7, 11) is 3.35. The number of aliphatic imine (C=N–C) groups is 1. The lowest BCUT2D eigenvalue weighted by molar-refractivity contribution is -0.143. The summed E-state index contributed by atoms with van der Waals surface area (Å²) in [5.41, 5.74) is -0.463. The molecule has 2 rings (SSSR count). The third-order valence-electron chi connectivity index (χ3n) is 7.02. The minimum atomic E-state index is -0.682. The van der Waals surface area contributed by atoms with Crippen molar-refractivity contribution in [1.82, 2.24) is 15.5 Å². The summed E-state index contributed by atoms with van der Waals surface area (Å²) in [4.78, 5) is 44.6. The van der Waals surface area contributed by atoms with Gasteiger partial charge >= 0.3 is 12.0 Å². The molecule has 1 aromatic carbocycles. The lowest BCUT2D eigenvalue weighted by Gasteiger charge is -2.34. The Balaban J connectivity index is 2.31. The van der Waals surface area contributed by atoms with Crippen LogP contribution < -0.4 is 15.4 Å². The number of nitrogens with zero attached hydrogens (tertiary/aromatic N) is 2. The van der Waals surface area contributed by atoms with Crippen molar-refractivity contribution < 1.29 is 24.2 Å². The van der Waals surface area contributed by atoms with Crippen LogP contribution in [0.15, 0.2) is 17.1 Å². The number of rotatable bonds is 6. The summed E-state index contributed by atoms with van der Waals surface area (Å²) < 4.78 is 5.67. The van der Waals surface area contributed by atoms with Crippen LogP contribution in [0.5, 0.6) is 11.5 Å². The Morgan fingerprint density at radius 2 is 1.62 bits per heavy atom. The van der Waals surface area contributed by atoms with Crippen molar-refractivity contribution in [1.29, 1.82) is 0 Å². The number of aromatic hydroxyl groups is 1. The fourth-order valence-corrected chi connectivity index (χ4v) is 4.50. The van der Waals surface area contributed by atoms with Gasteiger partial charge in [0.05, 0.1) is 17.5 Å². The summed E-state index contributed by atoms with van der Waals surface area (Å²) in [5.74, 6) is -0.108. The van der Waals surface area contributed by atoms with Crippen LogP contribution in [0.4, 0.5) is 4.79 Å². The highest BCUT2D eigenvalue weighted by atomic mass is 16.5. The monoisotopic (exact) mass is 558 g/mol. The molecule has 0 aromatic heterocycles. The topological polar surface area (TPSA) is 120 Å². The van der Waals surface area contributed by atoms with Crippen LogP contribution >= 0.6 is 0 Å². The number of phenolic OH excluding ortho intramolecular Hbond substituents is 1. The smallest absolute Gasteiger partial charge is 0.316 e. The van der Waals surface area contributed by atoms with Gasteiger partial charge in [0, 0.05) is 31.4 Å². The van der Waals surface area contributed by atoms with E-state index in [1.165, 1.54) is 4.90 Å². The van der Waals surface area contributed by atoms with Gasteiger partial charge in [0.2, 0.25) is 5.91 Å². The molecule has 0 bridgehead atoms. The fourth-order valence-electron chi connectivity index (χ4n) is 4.50. The normalized spacial score (nSPS) is 19.2. The average molecular weight is 559 g/mol. The van der Waals surface area contributed by atoms with Crippen molar-refractivity contribution >= 4 is 24.1 Å². The van der Waals surface area contributed by atoms with Crippen LogP contribution in [0.1, 0.15) is 99.1 Å². The quantitative estimate of drug-likeness (QED) is 0.253. The van der Waals surface area contributed by atoms with Crippen molar-refractivity contribution in [2.45, 2.75) is 112 Å². The predicted molar refractivity (Wildman–Crippen MR) is 159 cm³/mol. The molecule has 1 saturated carbocycles. The molecule has 3 amide bonds. The molecule has 0 spiro atoms. The van der Waals surface area contributed by atoms with E-state index in [0.717, 1.165) is 25.7 Å². The van der Waals surface area contributed by atoms with Gasteiger partial charge in [-0.2, -0.15) is 0 Å². The van der Waals surface area contributed by atoms with Gasteiger partial charge in [-0.05, 0) is 56.6 Å². The van der Waals surface area contributed by atoms with Crippen molar-refractivity contribution in [3.05, 3.63) is 23.3 Å². The van der Waals surface area contributed by atoms with Crippen LogP contribution in [0.3, 0.4) is 0 Å². The van der Waals surface area contributed by atoms with Crippen molar-refractivity contribution in [3.63, 3.8) is 0 Å². The van der Waals surface area contributed by atoms with Crippen molar-refractivity contribution in [3.8, 4) is 11.5 Å². The highest BCUT2D eigenvalue weighted by Crippen LogP contribution is 2.37. The minimum Gasteiger partial charge on any atom is -0.507 e. The van der Waals surface area contributed by atoms with E-state index in [2.05, 4.69) is 10.6 Å². The number of carbonyl (C=O) groups is 3. The molecule has 1 aliphatic rings. The Kier molecular flexibility index (Phi) is 10.4. The maximum Gasteiger partial charge on any atom is 0.316 e. The molecule has 3 atom stereocenters. The number of esters is 1. The molecule has 0 saturated heterocycles. The number of benzene rings is 1. The van der Waals surface area contributed by atoms with E-state index in [9.17, 15) is 19.5 Å². The third-order valence-corrected chi connectivity index (χ3v) is 7.02. The fraction of sp³-hybridized carbons (Fsp3) is 0.677. The lowest BCUT2D eigenvalue weighted by Crippen LogP contribution is -2.58. The van der Waals surface area contributed by atoms with Gasteiger partial charge in [-0.25, -0.2) is 4.79 Å². The number of likely N-dealkylation sites (N-methyl/N-ethyl adjacent to an activating group) is 1. The van der Waals surface area contributed by atoms with E-state index in [4.69, 9.17) is 9.73 Å². The van der Waals surface area contributed by atoms with Crippen LogP contribution in [0.2, 0.25) is 0 Å². The zero-order valence-corrected chi connectivity index (χ0v) is 26.3. The summed E-state index contributed by atoms with van der Waals surface area (Å²) in [6.07, 6.45) is 5.04. The number of ether oxygens (including phenoxy) is 1. The Labute approximate surface area is 240 Å². The summed E-state index contributed by atoms with van der Waals surface area (Å²) >= 11 is 0. The molecule has 9 nitrogen and oxygen atoms in total. The molecule has 1 aliphatic carbocycles. The highest BCUT2D eigenvalue weighted by Gasteiger charge is 2.35. The Morgan fingerprint density at radius 3 is 2.15 bits per heavy atom. The number of nitrogens with one attached hydrogen (secondary N) is 2. The van der Waals surface area contributed by atoms with E-state index in [1.807, 2.05) is 41.5 Å². The van der Waals surface area contributed by atoms with Crippen molar-refractivity contribution in [2.24, 2.45) is 15.8 Å². The van der Waals surface area contributed by atoms with Gasteiger partial charge < -0.3 is 25.4 Å². The summed E-state index contributed by atoms with van der Waals surface area (Å²) in [6, 6.07) is 1.79. The van der Waals surface area contributed by atoms with Gasteiger partial charge in [0.25, 0.3) is 0 Å². The Bertz CT molecular complexity index is 1110. The molecule has 0 heterocycles. The number of hydrogen-bond donors (Lipinski definition) is 3. The minimum absolute atomic E-state index is 0.0834. The molecule has 0 aliphatic heterocycles. The molecule has 3 N–H and O–H groups in total. The first-order chi connectivity index (χ1) is 18.2. The zero-order chi connectivity index (χ0) is 30.6. The first kappa shape index (κ1) is 33.1. The number of urea groups is 1. The van der Waals surface area contributed by atoms with E-state index in [1.54, 1.807) is 53.2 Å². The van der Waals surface area contributed by atoms with Crippen LogP contribution in [0.25, 0.3) is 0 Å². The number of phenols is 1. The average Bonchev–Trinajstić information content (AvgIpc) is 2.80. The van der Waals surface area contributed by atoms with E-state index in [0.29, 0.717) is 16.9 Å². The molecule has 0 unspecified atom stereocenters. The summed E-state index contributed by atoms with van der Waals surface area (Å²) in [6.45, 7) is 17.0. The highest BCUT2D eigenvalue weighted by molar-refractivity contribution is 5.88. The number of hydrogen-bond acceptors (Lipinski definition) is 6. The van der Waals surface area contributed by atoms with E-state index >= 15 is 0 Å². The Hall–Kier alpha value is -3.10. The number of amides is 3. The largest absolute Gasteiger partial charge is 0.507 e. The molecule has 1 fully saturated rings. The van der Waals surface area contributed by atoms with Gasteiger partial charge in [0.1, 0.15) is 17.5 Å². The molecular weight excluding hydrogens is 508 g/mol. The number of carbonyl (C=O) groups excluding carboxylic acids is 3. The van der Waals surface area contributed by atoms with Crippen LogP contribution in [-0.2, 0) is 15.0 Å². The lowest BCUT2D eigenvalue weighted by atomic mass is 9.85. The summed E-state index contributed by atoms with van der Waals surface area (Å²) in [5, 5.41) is 17.0. The van der Waals surface area contributed by atoms with Crippen LogP contribution in [0, 0.1) is 10.8 Å². The first-order valence-electron chi connectivity index (χ1n) is 14.1. The van der Waals surface area contributed by atoms with Gasteiger partial charge in [-0.3, -0.25) is 14.6 Å². The molecule has 224 valence electrons. The molecule has 0 radical (unpaired) electrons. The van der Waals surface area contributed by atoms with E-state index < -0.39 is 28.3 Å². The second kappa shape index (κ2) is 12.6. The molecule has 9 heteroatoms. The standard InChI is InChI=1S/C31H50N4O5/c1-29(2,3)21-17-20(40-27(38)31(7,8)9)16-19(24(21)36)18-32-22-14-12-13-15-23(22)33-28(39)34-25(30(4,5)6)26(37)35(10)11/h16-18,22-23,25,36H,12-15H2,1-11H3,(H2,33,34,39)/t22-,23-,25+/m0/s1. The SMILES string of the molecule is CN(C)C(=O)[C@@H](NC(=O)N[C@H]1CCCC[C@@H]1N=Cc1cc(OC(=O)C(C)(C)C)cc(C(C)(C)C)c1O)C(C)(C)C. The van der Waals surface area contributed by atoms with Gasteiger partial charge in [-0.1, -0.05) is 54.4 Å². The maximum atomic E-state index is 13.0. The molecule has 40 heavy (non-hydrogen) atoms. The zero-order valence-electron chi connectivity index (χ0n) is 26.3. The Morgan fingerprint density at radius 1 is 1.02 bits per heavy atom. The van der Waals surface area contributed by atoms with Crippen molar-refractivity contribution in [2.75, 3.05) is 14.1 Å². The second-order valence-corrected chi connectivity index (χ2v) is 14.2. The third kappa shape index (κ3) is 8.96.